The summed E-state index contributed by atoms with van der Waals surface area (Å²) in [6.07, 6.45) is 1.50. The number of nitrogens with zero attached hydrogens (tertiary/aromatic N) is 1. The van der Waals surface area contributed by atoms with Gasteiger partial charge < -0.3 is 9.73 Å². The largest absolute Gasteiger partial charge is 0.467 e. The van der Waals surface area contributed by atoms with E-state index in [0.717, 1.165) is 0 Å². The summed E-state index contributed by atoms with van der Waals surface area (Å²) in [6.45, 7) is 0.183. The minimum absolute atomic E-state index is 0.161. The Morgan fingerprint density at radius 2 is 1.79 bits per heavy atom. The molecule has 0 spiro atoms. The van der Waals surface area contributed by atoms with Crippen LogP contribution in [0.1, 0.15) is 27.2 Å². The second-order valence-electron chi connectivity index (χ2n) is 5.94. The maximum absolute atomic E-state index is 12.6. The van der Waals surface area contributed by atoms with E-state index in [2.05, 4.69) is 10.0 Å². The molecule has 0 unspecified atom stereocenters. The second-order valence-corrected chi connectivity index (χ2v) is 7.66. The van der Waals surface area contributed by atoms with Crippen LogP contribution in [-0.4, -0.2) is 14.3 Å². The molecule has 28 heavy (non-hydrogen) atoms. The molecule has 8 heteroatoms. The summed E-state index contributed by atoms with van der Waals surface area (Å²) in [7, 11) is -3.83. The Balaban J connectivity index is 1.76. The van der Waals surface area contributed by atoms with Gasteiger partial charge in [0.2, 0.25) is 10.0 Å². The summed E-state index contributed by atoms with van der Waals surface area (Å²) >= 11 is 0. The number of nitrogens with one attached hydrogen (secondary N) is 2. The number of carbonyl (C=O) groups is 1. The van der Waals surface area contributed by atoms with Crippen LogP contribution >= 0.6 is 0 Å². The Morgan fingerprint density at radius 3 is 2.54 bits per heavy atom. The molecule has 0 aliphatic carbocycles. The standard InChI is InChI=1S/C20H17N3O4S/c21-12-15-6-1-2-7-16(15)14-28(25,26)23-19-10-4-3-9-18(19)20(24)22-13-17-8-5-11-27-17/h1-11,23H,13-14H2,(H,22,24). The first-order valence-electron chi connectivity index (χ1n) is 8.36. The fourth-order valence-electron chi connectivity index (χ4n) is 2.61. The number of benzene rings is 2. The average Bonchev–Trinajstić information content (AvgIpc) is 3.20. The molecule has 7 nitrogen and oxygen atoms in total. The molecule has 0 radical (unpaired) electrons. The summed E-state index contributed by atoms with van der Waals surface area (Å²) < 4.78 is 32.8. The molecule has 3 aromatic rings. The Bertz CT molecular complexity index is 1120. The van der Waals surface area contributed by atoms with Crippen LogP contribution in [0.2, 0.25) is 0 Å². The third kappa shape index (κ3) is 4.78. The number of nitriles is 1. The summed E-state index contributed by atoms with van der Waals surface area (Å²) in [6, 6.07) is 18.2. The molecule has 0 saturated heterocycles. The molecular weight excluding hydrogens is 378 g/mol. The lowest BCUT2D eigenvalue weighted by Crippen LogP contribution is -2.25. The van der Waals surface area contributed by atoms with Gasteiger partial charge in [-0.1, -0.05) is 30.3 Å². The highest BCUT2D eigenvalue weighted by molar-refractivity contribution is 7.91. The molecule has 1 amide bonds. The molecule has 0 saturated carbocycles. The highest BCUT2D eigenvalue weighted by Crippen LogP contribution is 2.19. The molecule has 0 aliphatic rings. The van der Waals surface area contributed by atoms with Gasteiger partial charge in [-0.15, -0.1) is 0 Å². The number of para-hydroxylation sites is 1. The van der Waals surface area contributed by atoms with E-state index >= 15 is 0 Å². The number of furan rings is 1. The van der Waals surface area contributed by atoms with Crippen molar-refractivity contribution < 1.29 is 17.6 Å². The first-order valence-corrected chi connectivity index (χ1v) is 10.0. The molecule has 142 valence electrons. The lowest BCUT2D eigenvalue weighted by Gasteiger charge is -2.13. The SMILES string of the molecule is N#Cc1ccccc1CS(=O)(=O)Nc1ccccc1C(=O)NCc1ccco1. The molecule has 2 aromatic carbocycles. The Hall–Kier alpha value is -3.57. The first-order chi connectivity index (χ1) is 13.5. The number of rotatable bonds is 7. The van der Waals surface area contributed by atoms with Crippen molar-refractivity contribution in [3.05, 3.63) is 89.4 Å². The molecule has 3 rings (SSSR count). The van der Waals surface area contributed by atoms with Gasteiger partial charge in [0, 0.05) is 0 Å². The van der Waals surface area contributed by atoms with Gasteiger partial charge in [0.15, 0.2) is 0 Å². The summed E-state index contributed by atoms with van der Waals surface area (Å²) in [4.78, 5) is 12.5. The van der Waals surface area contributed by atoms with E-state index in [1.165, 1.54) is 18.4 Å². The summed E-state index contributed by atoms with van der Waals surface area (Å²) in [5.41, 5.74) is 1.02. The quantitative estimate of drug-likeness (QED) is 0.639. The Morgan fingerprint density at radius 1 is 1.04 bits per heavy atom. The van der Waals surface area contributed by atoms with Gasteiger partial charge in [0.25, 0.3) is 5.91 Å². The van der Waals surface area contributed by atoms with Crippen molar-refractivity contribution in [1.82, 2.24) is 5.32 Å². The van der Waals surface area contributed by atoms with Crippen molar-refractivity contribution in [1.29, 1.82) is 5.26 Å². The minimum atomic E-state index is -3.83. The smallest absolute Gasteiger partial charge is 0.253 e. The van der Waals surface area contributed by atoms with Crippen LogP contribution in [0.25, 0.3) is 0 Å². The van der Waals surface area contributed by atoms with Crippen LogP contribution in [0.4, 0.5) is 5.69 Å². The maximum Gasteiger partial charge on any atom is 0.253 e. The lowest BCUT2D eigenvalue weighted by molar-refractivity contribution is 0.0949. The van der Waals surface area contributed by atoms with Crippen molar-refractivity contribution in [2.45, 2.75) is 12.3 Å². The van der Waals surface area contributed by atoms with E-state index in [0.29, 0.717) is 11.3 Å². The predicted octanol–water partition coefficient (Wildman–Crippen LogP) is 3.02. The molecule has 1 aromatic heterocycles. The van der Waals surface area contributed by atoms with E-state index in [4.69, 9.17) is 9.68 Å². The summed E-state index contributed by atoms with van der Waals surface area (Å²) in [5.74, 6) is -0.231. The minimum Gasteiger partial charge on any atom is -0.467 e. The average molecular weight is 395 g/mol. The van der Waals surface area contributed by atoms with Crippen LogP contribution in [-0.2, 0) is 22.3 Å². The van der Waals surface area contributed by atoms with Crippen LogP contribution in [0.3, 0.4) is 0 Å². The van der Waals surface area contributed by atoms with E-state index in [9.17, 15) is 13.2 Å². The number of anilines is 1. The van der Waals surface area contributed by atoms with Gasteiger partial charge in [0.1, 0.15) is 5.76 Å². The zero-order valence-electron chi connectivity index (χ0n) is 14.8. The number of sulfonamides is 1. The maximum atomic E-state index is 12.6. The van der Waals surface area contributed by atoms with Crippen molar-refractivity contribution in [3.63, 3.8) is 0 Å². The lowest BCUT2D eigenvalue weighted by atomic mass is 10.1. The second kappa shape index (κ2) is 8.41. The molecule has 2 N–H and O–H groups in total. The third-order valence-electron chi connectivity index (χ3n) is 3.92. The fourth-order valence-corrected chi connectivity index (χ4v) is 3.86. The van der Waals surface area contributed by atoms with Gasteiger partial charge in [-0.3, -0.25) is 9.52 Å². The molecule has 1 heterocycles. The highest BCUT2D eigenvalue weighted by atomic mass is 32.2. The first kappa shape index (κ1) is 19.2. The third-order valence-corrected chi connectivity index (χ3v) is 5.15. The molecule has 0 atom stereocenters. The van der Waals surface area contributed by atoms with Crippen LogP contribution in [0.15, 0.2) is 71.3 Å². The van der Waals surface area contributed by atoms with Crippen molar-refractivity contribution in [2.24, 2.45) is 0 Å². The number of hydrogen-bond donors (Lipinski definition) is 2. The van der Waals surface area contributed by atoms with E-state index in [1.54, 1.807) is 48.5 Å². The highest BCUT2D eigenvalue weighted by Gasteiger charge is 2.18. The Kier molecular flexibility index (Phi) is 5.77. The van der Waals surface area contributed by atoms with Crippen molar-refractivity contribution >= 4 is 21.6 Å². The number of amides is 1. The van der Waals surface area contributed by atoms with Crippen LogP contribution in [0.5, 0.6) is 0 Å². The normalized spacial score (nSPS) is 10.8. The van der Waals surface area contributed by atoms with Gasteiger partial charge >= 0.3 is 0 Å². The van der Waals surface area contributed by atoms with E-state index in [-0.39, 0.29) is 29.1 Å². The van der Waals surface area contributed by atoms with Gasteiger partial charge in [-0.2, -0.15) is 5.26 Å². The monoisotopic (exact) mass is 395 g/mol. The van der Waals surface area contributed by atoms with Gasteiger partial charge in [0.05, 0.1) is 41.4 Å². The molecule has 0 aliphatic heterocycles. The van der Waals surface area contributed by atoms with Gasteiger partial charge in [-0.25, -0.2) is 8.42 Å². The number of carbonyl (C=O) groups excluding carboxylic acids is 1. The van der Waals surface area contributed by atoms with Crippen LogP contribution < -0.4 is 10.0 Å². The van der Waals surface area contributed by atoms with E-state index in [1.807, 2.05) is 6.07 Å². The summed E-state index contributed by atoms with van der Waals surface area (Å²) in [5, 5.41) is 11.8. The van der Waals surface area contributed by atoms with Crippen LogP contribution in [0, 0.1) is 11.3 Å². The number of hydrogen-bond acceptors (Lipinski definition) is 5. The molecule has 0 fully saturated rings. The molecular formula is C20H17N3O4S. The predicted molar refractivity (Wildman–Crippen MR) is 104 cm³/mol. The van der Waals surface area contributed by atoms with E-state index < -0.39 is 15.9 Å². The van der Waals surface area contributed by atoms with Gasteiger partial charge in [-0.05, 0) is 35.9 Å². The molecule has 0 bridgehead atoms. The van der Waals surface area contributed by atoms with Crippen molar-refractivity contribution in [3.8, 4) is 6.07 Å². The fraction of sp³-hybridized carbons (Fsp3) is 0.100. The van der Waals surface area contributed by atoms with Crippen molar-refractivity contribution in [2.75, 3.05) is 4.72 Å². The zero-order valence-corrected chi connectivity index (χ0v) is 15.6. The Labute approximate surface area is 162 Å². The zero-order chi connectivity index (χ0) is 20.0. The topological polar surface area (TPSA) is 112 Å².